The third-order valence-electron chi connectivity index (χ3n) is 4.42. The first-order chi connectivity index (χ1) is 12.3. The van der Waals surface area contributed by atoms with Gasteiger partial charge in [-0.05, 0) is 28.7 Å². The maximum atomic E-state index is 12.3. The average Bonchev–Trinajstić information content (AvgIpc) is 2.60. The van der Waals surface area contributed by atoms with Crippen molar-refractivity contribution in [2.45, 2.75) is 32.7 Å². The first-order valence-corrected chi connectivity index (χ1v) is 8.69. The Morgan fingerprint density at radius 3 is 2.27 bits per heavy atom. The van der Waals surface area contributed by atoms with Crippen molar-refractivity contribution in [1.29, 1.82) is 0 Å². The molecule has 0 bridgehead atoms. The van der Waals surface area contributed by atoms with Gasteiger partial charge >= 0.3 is 6.03 Å². The number of amides is 2. The van der Waals surface area contributed by atoms with Crippen LogP contribution in [0, 0.1) is 0 Å². The van der Waals surface area contributed by atoms with E-state index in [0.29, 0.717) is 17.6 Å². The van der Waals surface area contributed by atoms with Gasteiger partial charge in [0, 0.05) is 17.3 Å². The van der Waals surface area contributed by atoms with Gasteiger partial charge < -0.3 is 15.7 Å². The average molecular weight is 348 g/mol. The van der Waals surface area contributed by atoms with Crippen molar-refractivity contribution in [2.24, 2.45) is 0 Å². The molecule has 134 valence electrons. The summed E-state index contributed by atoms with van der Waals surface area (Å²) in [6.07, 6.45) is 0. The summed E-state index contributed by atoms with van der Waals surface area (Å²) in [7, 11) is 0. The van der Waals surface area contributed by atoms with E-state index >= 15 is 0 Å². The predicted molar refractivity (Wildman–Crippen MR) is 107 cm³/mol. The third kappa shape index (κ3) is 3.97. The predicted octanol–water partition coefficient (Wildman–Crippen LogP) is 5.16. The highest BCUT2D eigenvalue weighted by atomic mass is 16.3. The van der Waals surface area contributed by atoms with Crippen molar-refractivity contribution >= 4 is 22.5 Å². The molecule has 3 rings (SSSR count). The van der Waals surface area contributed by atoms with E-state index in [9.17, 15) is 9.90 Å². The number of hydrogen-bond acceptors (Lipinski definition) is 2. The lowest BCUT2D eigenvalue weighted by Gasteiger charge is -2.19. The van der Waals surface area contributed by atoms with Gasteiger partial charge in [0.2, 0.25) is 0 Å². The molecule has 3 aromatic rings. The van der Waals surface area contributed by atoms with Crippen molar-refractivity contribution in [2.75, 3.05) is 5.32 Å². The fourth-order valence-corrected chi connectivity index (χ4v) is 2.87. The summed E-state index contributed by atoms with van der Waals surface area (Å²) < 4.78 is 0. The highest BCUT2D eigenvalue weighted by molar-refractivity contribution is 6.03. The fraction of sp³-hybridized carbons (Fsp3) is 0.227. The molecule has 0 saturated carbocycles. The van der Waals surface area contributed by atoms with Gasteiger partial charge in [-0.15, -0.1) is 0 Å². The smallest absolute Gasteiger partial charge is 0.319 e. The van der Waals surface area contributed by atoms with Gasteiger partial charge in [0.05, 0.1) is 5.69 Å². The molecule has 0 fully saturated rings. The van der Waals surface area contributed by atoms with Crippen LogP contribution in [0.25, 0.3) is 10.8 Å². The summed E-state index contributed by atoms with van der Waals surface area (Å²) in [5.74, 6) is 0.200. The molecule has 3 N–H and O–H groups in total. The highest BCUT2D eigenvalue weighted by Crippen LogP contribution is 2.29. The quantitative estimate of drug-likeness (QED) is 0.612. The van der Waals surface area contributed by atoms with Gasteiger partial charge in [-0.2, -0.15) is 0 Å². The maximum Gasteiger partial charge on any atom is 0.319 e. The molecule has 0 unspecified atom stereocenters. The molecule has 4 heteroatoms. The van der Waals surface area contributed by atoms with E-state index in [1.165, 1.54) is 5.56 Å². The number of benzene rings is 3. The van der Waals surface area contributed by atoms with E-state index in [1.807, 2.05) is 36.4 Å². The summed E-state index contributed by atoms with van der Waals surface area (Å²) >= 11 is 0. The summed E-state index contributed by atoms with van der Waals surface area (Å²) in [6.45, 7) is 6.98. The number of urea groups is 1. The molecule has 0 radical (unpaired) electrons. The molecular formula is C22H24N2O2. The lowest BCUT2D eigenvalue weighted by molar-refractivity contribution is 0.252. The van der Waals surface area contributed by atoms with Crippen LogP contribution in [0.2, 0.25) is 0 Å². The number of carbonyl (C=O) groups excluding carboxylic acids is 1. The Morgan fingerprint density at radius 1 is 0.923 bits per heavy atom. The largest absolute Gasteiger partial charge is 0.507 e. The van der Waals surface area contributed by atoms with E-state index in [4.69, 9.17) is 0 Å². The van der Waals surface area contributed by atoms with E-state index < -0.39 is 0 Å². The Labute approximate surface area is 153 Å². The fourth-order valence-electron chi connectivity index (χ4n) is 2.87. The monoisotopic (exact) mass is 348 g/mol. The SMILES string of the molecule is CC(C)(C)c1ccc(CNC(=O)Nc2cccc3c(O)cccc23)cc1. The third-order valence-corrected chi connectivity index (χ3v) is 4.42. The first-order valence-electron chi connectivity index (χ1n) is 8.69. The van der Waals surface area contributed by atoms with Crippen molar-refractivity contribution in [3.8, 4) is 5.75 Å². The summed E-state index contributed by atoms with van der Waals surface area (Å²) in [6, 6.07) is 18.7. The Balaban J connectivity index is 1.66. The van der Waals surface area contributed by atoms with Crippen LogP contribution >= 0.6 is 0 Å². The van der Waals surface area contributed by atoms with E-state index in [-0.39, 0.29) is 17.2 Å². The number of nitrogens with one attached hydrogen (secondary N) is 2. The Kier molecular flexibility index (Phi) is 4.85. The molecule has 0 aliphatic rings. The zero-order valence-corrected chi connectivity index (χ0v) is 15.3. The van der Waals surface area contributed by atoms with Crippen molar-refractivity contribution in [3.05, 3.63) is 71.8 Å². The van der Waals surface area contributed by atoms with Gasteiger partial charge in [-0.3, -0.25) is 0 Å². The molecule has 0 saturated heterocycles. The van der Waals surface area contributed by atoms with Gasteiger partial charge in [0.15, 0.2) is 0 Å². The molecule has 2 amide bonds. The molecule has 4 nitrogen and oxygen atoms in total. The lowest BCUT2D eigenvalue weighted by Crippen LogP contribution is -2.28. The van der Waals surface area contributed by atoms with Crippen LogP contribution in [-0.2, 0) is 12.0 Å². The summed E-state index contributed by atoms with van der Waals surface area (Å²) in [4.78, 5) is 12.3. The molecule has 0 aromatic heterocycles. The number of aromatic hydroxyl groups is 1. The van der Waals surface area contributed by atoms with Crippen LogP contribution in [0.15, 0.2) is 60.7 Å². The minimum absolute atomic E-state index is 0.114. The minimum Gasteiger partial charge on any atom is -0.507 e. The van der Waals surface area contributed by atoms with E-state index in [1.54, 1.807) is 12.1 Å². The Hall–Kier alpha value is -3.01. The van der Waals surface area contributed by atoms with Crippen LogP contribution in [0.4, 0.5) is 10.5 Å². The molecule has 0 aliphatic carbocycles. The zero-order valence-electron chi connectivity index (χ0n) is 15.3. The van der Waals surface area contributed by atoms with Crippen molar-refractivity contribution in [3.63, 3.8) is 0 Å². The van der Waals surface area contributed by atoms with Crippen LogP contribution in [0.5, 0.6) is 5.75 Å². The van der Waals surface area contributed by atoms with Gasteiger partial charge in [0.1, 0.15) is 5.75 Å². The normalized spacial score (nSPS) is 11.3. The van der Waals surface area contributed by atoms with E-state index in [0.717, 1.165) is 10.9 Å². The van der Waals surface area contributed by atoms with Crippen LogP contribution in [0.1, 0.15) is 31.9 Å². The first kappa shape index (κ1) is 17.8. The number of rotatable bonds is 3. The molecule has 0 spiro atoms. The number of phenols is 1. The van der Waals surface area contributed by atoms with Crippen LogP contribution in [0.3, 0.4) is 0 Å². The van der Waals surface area contributed by atoms with Crippen molar-refractivity contribution < 1.29 is 9.90 Å². The lowest BCUT2D eigenvalue weighted by atomic mass is 9.87. The number of anilines is 1. The molecule has 0 atom stereocenters. The zero-order chi connectivity index (χ0) is 18.7. The standard InChI is InChI=1S/C22H24N2O2/c1-22(2,3)16-12-10-15(11-13-16)14-23-21(26)24-19-8-4-7-18-17(19)6-5-9-20(18)25/h4-13,25H,14H2,1-3H3,(H2,23,24,26). The molecule has 3 aromatic carbocycles. The highest BCUT2D eigenvalue weighted by Gasteiger charge is 2.13. The number of fused-ring (bicyclic) bond motifs is 1. The van der Waals surface area contributed by atoms with Crippen LogP contribution < -0.4 is 10.6 Å². The van der Waals surface area contributed by atoms with E-state index in [2.05, 4.69) is 43.5 Å². The topological polar surface area (TPSA) is 61.4 Å². The number of hydrogen-bond donors (Lipinski definition) is 3. The molecule has 0 aliphatic heterocycles. The van der Waals surface area contributed by atoms with Crippen molar-refractivity contribution in [1.82, 2.24) is 5.32 Å². The van der Waals surface area contributed by atoms with Gasteiger partial charge in [-0.25, -0.2) is 4.79 Å². The van der Waals surface area contributed by atoms with Crippen LogP contribution in [-0.4, -0.2) is 11.1 Å². The summed E-state index contributed by atoms with van der Waals surface area (Å²) in [5.41, 5.74) is 3.09. The second-order valence-electron chi connectivity index (χ2n) is 7.43. The Morgan fingerprint density at radius 2 is 1.58 bits per heavy atom. The summed E-state index contributed by atoms with van der Waals surface area (Å²) in [5, 5.41) is 17.2. The number of carbonyl (C=O) groups is 1. The second-order valence-corrected chi connectivity index (χ2v) is 7.43. The number of phenolic OH excluding ortho intramolecular Hbond substituents is 1. The second kappa shape index (κ2) is 7.08. The van der Waals surface area contributed by atoms with Gasteiger partial charge in [-0.1, -0.05) is 69.3 Å². The molecule has 26 heavy (non-hydrogen) atoms. The minimum atomic E-state index is -0.277. The maximum absolute atomic E-state index is 12.3. The molecular weight excluding hydrogens is 324 g/mol. The molecule has 0 heterocycles. The van der Waals surface area contributed by atoms with Gasteiger partial charge in [0.25, 0.3) is 0 Å². The Bertz CT molecular complexity index is 925.